The Morgan fingerprint density at radius 1 is 0.253 bits per heavy atom. The number of rotatable bonds is 69. The molecule has 0 aliphatic heterocycles. The van der Waals surface area contributed by atoms with Crippen molar-refractivity contribution in [3.8, 4) is 0 Å². The lowest BCUT2D eigenvalue weighted by atomic mass is 10.0. The van der Waals surface area contributed by atoms with Crippen LogP contribution in [0.1, 0.15) is 406 Å². The largest absolute Gasteiger partial charge is 0.462 e. The minimum atomic E-state index is -0.770. The van der Waals surface area contributed by atoms with Crippen LogP contribution in [0.15, 0.2) is 48.6 Å². The second-order valence-electron chi connectivity index (χ2n) is 25.2. The maximum absolute atomic E-state index is 13.0. The first kappa shape index (κ1) is 80.4. The van der Waals surface area contributed by atoms with Gasteiger partial charge in [0.2, 0.25) is 0 Å². The summed E-state index contributed by atoms with van der Waals surface area (Å²) in [5.41, 5.74) is 0. The highest BCUT2D eigenvalue weighted by molar-refractivity contribution is 5.71. The first-order valence-corrected chi connectivity index (χ1v) is 37.1. The molecule has 1 unspecified atom stereocenters. The van der Waals surface area contributed by atoms with E-state index in [9.17, 15) is 14.4 Å². The van der Waals surface area contributed by atoms with E-state index in [0.29, 0.717) is 19.3 Å². The van der Waals surface area contributed by atoms with Gasteiger partial charge >= 0.3 is 17.9 Å². The summed E-state index contributed by atoms with van der Waals surface area (Å²) in [6.07, 6.45) is 91.4. The molecule has 0 amide bonds. The van der Waals surface area contributed by atoms with E-state index in [1.807, 2.05) is 0 Å². The van der Waals surface area contributed by atoms with Crippen molar-refractivity contribution in [3.63, 3.8) is 0 Å². The van der Waals surface area contributed by atoms with Crippen molar-refractivity contribution in [1.29, 1.82) is 0 Å². The fraction of sp³-hybridized carbons (Fsp3) is 0.857. The smallest absolute Gasteiger partial charge is 0.306 e. The second-order valence-corrected chi connectivity index (χ2v) is 25.2. The maximum Gasteiger partial charge on any atom is 0.306 e. The predicted molar refractivity (Wildman–Crippen MR) is 362 cm³/mol. The van der Waals surface area contributed by atoms with E-state index in [1.54, 1.807) is 0 Å². The van der Waals surface area contributed by atoms with E-state index in [-0.39, 0.29) is 31.1 Å². The molecule has 83 heavy (non-hydrogen) atoms. The number of ether oxygens (including phenoxy) is 3. The van der Waals surface area contributed by atoms with E-state index < -0.39 is 6.10 Å². The summed E-state index contributed by atoms with van der Waals surface area (Å²) in [6.45, 7) is 6.62. The van der Waals surface area contributed by atoms with Crippen LogP contribution < -0.4 is 0 Å². The number of allylic oxidation sites excluding steroid dienone is 8. The normalized spacial score (nSPS) is 12.3. The van der Waals surface area contributed by atoms with Crippen LogP contribution >= 0.6 is 0 Å². The molecule has 0 N–H and O–H groups in total. The lowest BCUT2D eigenvalue weighted by Crippen LogP contribution is -2.30. The summed E-state index contributed by atoms with van der Waals surface area (Å²) < 4.78 is 17.1. The van der Waals surface area contributed by atoms with Gasteiger partial charge in [-0.2, -0.15) is 0 Å². The molecule has 6 heteroatoms. The van der Waals surface area contributed by atoms with E-state index in [1.165, 1.54) is 283 Å². The quantitative estimate of drug-likeness (QED) is 0.0261. The zero-order valence-electron chi connectivity index (χ0n) is 56.0. The van der Waals surface area contributed by atoms with Crippen LogP contribution in [0.4, 0.5) is 0 Å². The zero-order valence-corrected chi connectivity index (χ0v) is 56.0. The van der Waals surface area contributed by atoms with Gasteiger partial charge in [0.25, 0.3) is 0 Å². The molecule has 0 aliphatic carbocycles. The highest BCUT2D eigenvalue weighted by Crippen LogP contribution is 2.19. The van der Waals surface area contributed by atoms with Crippen LogP contribution in [0.5, 0.6) is 0 Å². The number of esters is 3. The summed E-state index contributed by atoms with van der Waals surface area (Å²) >= 11 is 0. The number of hydrogen-bond acceptors (Lipinski definition) is 6. The van der Waals surface area contributed by atoms with Gasteiger partial charge in [-0.3, -0.25) is 14.4 Å². The van der Waals surface area contributed by atoms with E-state index >= 15 is 0 Å². The third-order valence-electron chi connectivity index (χ3n) is 16.8. The van der Waals surface area contributed by atoms with Crippen molar-refractivity contribution in [3.05, 3.63) is 48.6 Å². The molecular weight excluding hydrogens is 1020 g/mol. The van der Waals surface area contributed by atoms with Crippen LogP contribution in [0.2, 0.25) is 0 Å². The highest BCUT2D eigenvalue weighted by atomic mass is 16.6. The molecule has 0 spiro atoms. The lowest BCUT2D eigenvalue weighted by molar-refractivity contribution is -0.167. The minimum Gasteiger partial charge on any atom is -0.462 e. The van der Waals surface area contributed by atoms with Crippen LogP contribution in [0.3, 0.4) is 0 Å². The van der Waals surface area contributed by atoms with E-state index in [2.05, 4.69) is 69.4 Å². The topological polar surface area (TPSA) is 78.9 Å². The third-order valence-corrected chi connectivity index (χ3v) is 16.8. The first-order valence-electron chi connectivity index (χ1n) is 37.1. The average molecular weight is 1160 g/mol. The third kappa shape index (κ3) is 70.0. The Hall–Kier alpha value is -2.63. The van der Waals surface area contributed by atoms with Crippen molar-refractivity contribution in [2.45, 2.75) is 412 Å². The number of carbonyl (C=O) groups is 3. The van der Waals surface area contributed by atoms with E-state index in [4.69, 9.17) is 14.2 Å². The number of carbonyl (C=O) groups excluding carboxylic acids is 3. The Bertz CT molecular complexity index is 1430. The molecule has 0 aromatic rings. The molecule has 0 fully saturated rings. The van der Waals surface area contributed by atoms with Gasteiger partial charge in [-0.15, -0.1) is 0 Å². The molecule has 0 saturated heterocycles. The molecule has 1 atom stereocenters. The van der Waals surface area contributed by atoms with Crippen molar-refractivity contribution in [2.75, 3.05) is 13.2 Å². The monoisotopic (exact) mass is 1160 g/mol. The van der Waals surface area contributed by atoms with Gasteiger partial charge in [0, 0.05) is 19.3 Å². The maximum atomic E-state index is 13.0. The number of unbranched alkanes of at least 4 members (excludes halogenated alkanes) is 50. The van der Waals surface area contributed by atoms with Crippen LogP contribution in [0.25, 0.3) is 0 Å². The fourth-order valence-corrected chi connectivity index (χ4v) is 11.3. The summed E-state index contributed by atoms with van der Waals surface area (Å²) in [6, 6.07) is 0. The molecule has 0 saturated carbocycles. The van der Waals surface area contributed by atoms with Gasteiger partial charge in [0.05, 0.1) is 0 Å². The van der Waals surface area contributed by atoms with E-state index in [0.717, 1.165) is 83.5 Å². The highest BCUT2D eigenvalue weighted by Gasteiger charge is 2.20. The van der Waals surface area contributed by atoms with Gasteiger partial charge in [-0.05, 0) is 57.8 Å². The molecule has 0 aromatic carbocycles. The van der Waals surface area contributed by atoms with Crippen molar-refractivity contribution in [2.24, 2.45) is 0 Å². The van der Waals surface area contributed by atoms with Crippen molar-refractivity contribution < 1.29 is 28.6 Å². The van der Waals surface area contributed by atoms with Crippen molar-refractivity contribution in [1.82, 2.24) is 0 Å². The molecule has 486 valence electrons. The zero-order chi connectivity index (χ0) is 59.9. The fourth-order valence-electron chi connectivity index (χ4n) is 11.3. The van der Waals surface area contributed by atoms with Gasteiger partial charge in [0.1, 0.15) is 13.2 Å². The SMILES string of the molecule is CC/C=C\C/C=C\C/C=C\C/C=C\CCCCCCCCCCCCCCCCC(=O)OCC(COC(=O)CCCCCCCCCCCCCCCCCCCCC)OC(=O)CCCCCCCCCCCCCCCCCCCCC. The lowest BCUT2D eigenvalue weighted by Gasteiger charge is -2.18. The van der Waals surface area contributed by atoms with Crippen LogP contribution in [0, 0.1) is 0 Å². The molecule has 0 aliphatic rings. The molecular formula is C77H142O6. The summed E-state index contributed by atoms with van der Waals surface area (Å²) in [4.78, 5) is 38.6. The van der Waals surface area contributed by atoms with Gasteiger partial charge < -0.3 is 14.2 Å². The summed E-state index contributed by atoms with van der Waals surface area (Å²) in [5.74, 6) is -0.831. The summed E-state index contributed by atoms with van der Waals surface area (Å²) in [7, 11) is 0. The van der Waals surface area contributed by atoms with Crippen LogP contribution in [-0.4, -0.2) is 37.2 Å². The number of hydrogen-bond donors (Lipinski definition) is 0. The molecule has 6 nitrogen and oxygen atoms in total. The van der Waals surface area contributed by atoms with Gasteiger partial charge in [0.15, 0.2) is 6.10 Å². The predicted octanol–water partition coefficient (Wildman–Crippen LogP) is 25.7. The Morgan fingerprint density at radius 2 is 0.470 bits per heavy atom. The first-order chi connectivity index (χ1) is 41.0. The second kappa shape index (κ2) is 71.8. The molecule has 0 aromatic heterocycles. The molecule has 0 heterocycles. The van der Waals surface area contributed by atoms with Crippen LogP contribution in [-0.2, 0) is 28.6 Å². The van der Waals surface area contributed by atoms with Crippen molar-refractivity contribution >= 4 is 17.9 Å². The Kier molecular flexibility index (Phi) is 69.6. The Morgan fingerprint density at radius 3 is 0.735 bits per heavy atom. The van der Waals surface area contributed by atoms with Gasteiger partial charge in [-0.1, -0.05) is 378 Å². The Labute approximate surface area is 518 Å². The minimum absolute atomic E-state index is 0.0655. The molecule has 0 bridgehead atoms. The average Bonchev–Trinajstić information content (AvgIpc) is 3.50. The van der Waals surface area contributed by atoms with Gasteiger partial charge in [-0.25, -0.2) is 0 Å². The summed E-state index contributed by atoms with van der Waals surface area (Å²) in [5, 5.41) is 0. The molecule has 0 rings (SSSR count). The Balaban J connectivity index is 4.27. The standard InChI is InChI=1S/C77H142O6/c1-4-7-10-13-16-19-22-25-28-31-34-35-36-37-38-39-40-41-44-46-49-52-55-58-61-64-67-70-76(79)82-73-74(83-77(80)71-68-65-62-59-56-53-50-47-43-33-30-27-24-21-18-15-12-9-6-3)72-81-75(78)69-66-63-60-57-54-51-48-45-42-32-29-26-23-20-17-14-11-8-5-2/h7,10,16,19,25,28,34-35,74H,4-6,8-9,11-15,17-18,20-24,26-27,29-33,36-73H2,1-3H3/b10-7-,19-16-,28-25-,35-34-. The molecule has 0 radical (unpaired) electrons.